The molecule has 6 heteroatoms. The zero-order valence-corrected chi connectivity index (χ0v) is 10.4. The van der Waals surface area contributed by atoms with Gasteiger partial charge in [0, 0.05) is 26.7 Å². The predicted molar refractivity (Wildman–Crippen MR) is 63.1 cm³/mol. The number of aromatic nitrogens is 3. The van der Waals surface area contributed by atoms with Crippen LogP contribution >= 0.6 is 0 Å². The summed E-state index contributed by atoms with van der Waals surface area (Å²) in [4.78, 5) is 29.3. The maximum atomic E-state index is 12.0. The summed E-state index contributed by atoms with van der Waals surface area (Å²) in [5.74, 6) is 0.398. The first-order valence-corrected chi connectivity index (χ1v) is 5.30. The van der Waals surface area contributed by atoms with Gasteiger partial charge in [-0.3, -0.25) is 4.57 Å². The monoisotopic (exact) mass is 226 g/mol. The molecule has 0 fully saturated rings. The van der Waals surface area contributed by atoms with Crippen molar-refractivity contribution in [3.8, 4) is 0 Å². The highest BCUT2D eigenvalue weighted by Crippen LogP contribution is 2.02. The average molecular weight is 226 g/mol. The Morgan fingerprint density at radius 2 is 1.88 bits per heavy atom. The van der Waals surface area contributed by atoms with Gasteiger partial charge in [-0.1, -0.05) is 0 Å². The van der Waals surface area contributed by atoms with Crippen molar-refractivity contribution in [1.29, 1.82) is 0 Å². The van der Waals surface area contributed by atoms with E-state index >= 15 is 0 Å². The minimum atomic E-state index is -0.492. The van der Waals surface area contributed by atoms with E-state index in [1.54, 1.807) is 32.8 Å². The summed E-state index contributed by atoms with van der Waals surface area (Å²) in [5.41, 5.74) is -0.797. The summed E-state index contributed by atoms with van der Waals surface area (Å²) < 4.78 is 2.65. The van der Waals surface area contributed by atoms with Crippen molar-refractivity contribution in [3.05, 3.63) is 21.0 Å². The molecule has 16 heavy (non-hydrogen) atoms. The van der Waals surface area contributed by atoms with Crippen LogP contribution in [0, 0.1) is 0 Å². The number of anilines is 1. The van der Waals surface area contributed by atoms with Gasteiger partial charge in [-0.15, -0.1) is 0 Å². The Hall–Kier alpha value is -1.59. The summed E-state index contributed by atoms with van der Waals surface area (Å²) in [6, 6.07) is -0.179. The summed E-state index contributed by atoms with van der Waals surface area (Å²) in [7, 11) is 3.51. The van der Waals surface area contributed by atoms with E-state index in [1.165, 1.54) is 4.57 Å². The van der Waals surface area contributed by atoms with Crippen LogP contribution in [0.5, 0.6) is 0 Å². The molecule has 0 N–H and O–H groups in total. The molecule has 0 atom stereocenters. The van der Waals surface area contributed by atoms with Crippen molar-refractivity contribution >= 4 is 5.95 Å². The molecule has 0 aliphatic carbocycles. The van der Waals surface area contributed by atoms with Gasteiger partial charge < -0.3 is 4.90 Å². The van der Waals surface area contributed by atoms with Crippen LogP contribution in [-0.4, -0.2) is 28.2 Å². The van der Waals surface area contributed by atoms with Gasteiger partial charge in [-0.05, 0) is 20.8 Å². The molecule has 1 rings (SSSR count). The summed E-state index contributed by atoms with van der Waals surface area (Å²) >= 11 is 0. The third-order valence-electron chi connectivity index (χ3n) is 2.31. The highest BCUT2D eigenvalue weighted by molar-refractivity contribution is 5.26. The van der Waals surface area contributed by atoms with E-state index in [4.69, 9.17) is 0 Å². The fraction of sp³-hybridized carbons (Fsp3) is 0.700. The van der Waals surface area contributed by atoms with Gasteiger partial charge in [0.1, 0.15) is 0 Å². The molecule has 0 radical (unpaired) electrons. The summed E-state index contributed by atoms with van der Waals surface area (Å²) in [5, 5.41) is 0. The molecule has 0 aliphatic rings. The lowest BCUT2D eigenvalue weighted by Crippen LogP contribution is -2.44. The molecule has 0 amide bonds. The van der Waals surface area contributed by atoms with Gasteiger partial charge in [-0.2, -0.15) is 4.98 Å². The smallest absolute Gasteiger partial charge is 0.348 e. The van der Waals surface area contributed by atoms with Crippen molar-refractivity contribution in [1.82, 2.24) is 14.1 Å². The first-order valence-electron chi connectivity index (χ1n) is 5.30. The van der Waals surface area contributed by atoms with Crippen LogP contribution in [0.1, 0.15) is 26.8 Å². The minimum Gasteiger partial charge on any atom is -0.348 e. The molecule has 0 spiro atoms. The highest BCUT2D eigenvalue weighted by Gasteiger charge is 2.14. The van der Waals surface area contributed by atoms with E-state index in [9.17, 15) is 9.59 Å². The van der Waals surface area contributed by atoms with E-state index in [-0.39, 0.29) is 11.7 Å². The van der Waals surface area contributed by atoms with Crippen molar-refractivity contribution in [2.24, 2.45) is 0 Å². The van der Waals surface area contributed by atoms with Crippen LogP contribution < -0.4 is 16.3 Å². The van der Waals surface area contributed by atoms with Crippen LogP contribution in [0.2, 0.25) is 0 Å². The predicted octanol–water partition coefficient (Wildman–Crippen LogP) is 0.0718. The zero-order valence-electron chi connectivity index (χ0n) is 10.4. The van der Waals surface area contributed by atoms with E-state index in [0.29, 0.717) is 12.5 Å². The van der Waals surface area contributed by atoms with Gasteiger partial charge in [-0.25, -0.2) is 14.2 Å². The maximum Gasteiger partial charge on any atom is 0.355 e. The summed E-state index contributed by atoms with van der Waals surface area (Å²) in [6.07, 6.45) is 0. The lowest BCUT2D eigenvalue weighted by atomic mass is 10.4. The molecule has 0 unspecified atom stereocenters. The van der Waals surface area contributed by atoms with Crippen molar-refractivity contribution in [2.45, 2.75) is 33.4 Å². The molecule has 0 saturated heterocycles. The maximum absolute atomic E-state index is 12.0. The van der Waals surface area contributed by atoms with E-state index < -0.39 is 5.69 Å². The van der Waals surface area contributed by atoms with E-state index in [1.807, 2.05) is 6.92 Å². The van der Waals surface area contributed by atoms with Crippen LogP contribution in [0.4, 0.5) is 5.95 Å². The lowest BCUT2D eigenvalue weighted by molar-refractivity contribution is 0.488. The fourth-order valence-corrected chi connectivity index (χ4v) is 1.56. The van der Waals surface area contributed by atoms with Crippen LogP contribution in [0.3, 0.4) is 0 Å². The van der Waals surface area contributed by atoms with Crippen molar-refractivity contribution in [3.63, 3.8) is 0 Å². The van der Waals surface area contributed by atoms with Crippen LogP contribution in [0.15, 0.2) is 9.59 Å². The molecular weight excluding hydrogens is 208 g/mol. The third kappa shape index (κ3) is 2.00. The molecule has 1 heterocycles. The molecular formula is C10H18N4O2. The minimum absolute atomic E-state index is 0.179. The Labute approximate surface area is 94.1 Å². The Morgan fingerprint density at radius 3 is 2.25 bits per heavy atom. The lowest BCUT2D eigenvalue weighted by Gasteiger charge is -2.18. The quantitative estimate of drug-likeness (QED) is 0.732. The van der Waals surface area contributed by atoms with Gasteiger partial charge in [0.2, 0.25) is 5.95 Å². The van der Waals surface area contributed by atoms with Gasteiger partial charge in [0.05, 0.1) is 0 Å². The molecule has 90 valence electrons. The molecule has 1 aromatic rings. The second-order valence-corrected chi connectivity index (χ2v) is 4.08. The second kappa shape index (κ2) is 4.51. The topological polar surface area (TPSA) is 60.1 Å². The number of nitrogens with zero attached hydrogens (tertiary/aromatic N) is 4. The van der Waals surface area contributed by atoms with Crippen LogP contribution in [-0.2, 0) is 6.54 Å². The second-order valence-electron chi connectivity index (χ2n) is 4.08. The normalized spacial score (nSPS) is 10.9. The standard InChI is InChI=1S/C10H18N4O2/c1-6-13-8(12(4)5)11-9(15)14(7(2)3)10(13)16/h7H,6H2,1-5H3. The number of hydrogen-bond acceptors (Lipinski definition) is 4. The fourth-order valence-electron chi connectivity index (χ4n) is 1.56. The highest BCUT2D eigenvalue weighted by atomic mass is 16.2. The molecule has 0 saturated carbocycles. The van der Waals surface area contributed by atoms with Crippen molar-refractivity contribution in [2.75, 3.05) is 19.0 Å². The third-order valence-corrected chi connectivity index (χ3v) is 2.31. The Balaban J connectivity index is 3.64. The van der Waals surface area contributed by atoms with E-state index in [0.717, 1.165) is 4.57 Å². The number of hydrogen-bond donors (Lipinski definition) is 0. The van der Waals surface area contributed by atoms with Gasteiger partial charge in [0.25, 0.3) is 0 Å². The first kappa shape index (κ1) is 12.5. The van der Waals surface area contributed by atoms with Gasteiger partial charge in [0.15, 0.2) is 0 Å². The average Bonchev–Trinajstić information content (AvgIpc) is 2.16. The Bertz CT molecular complexity index is 485. The van der Waals surface area contributed by atoms with Gasteiger partial charge >= 0.3 is 11.4 Å². The molecule has 0 bridgehead atoms. The Morgan fingerprint density at radius 1 is 1.31 bits per heavy atom. The van der Waals surface area contributed by atoms with Crippen molar-refractivity contribution < 1.29 is 0 Å². The Kier molecular flexibility index (Phi) is 3.51. The largest absolute Gasteiger partial charge is 0.355 e. The van der Waals surface area contributed by atoms with E-state index in [2.05, 4.69) is 4.98 Å². The molecule has 0 aliphatic heterocycles. The SMILES string of the molecule is CCn1c(N(C)C)nc(=O)n(C(C)C)c1=O. The number of rotatable bonds is 3. The zero-order chi connectivity index (χ0) is 12.5. The van der Waals surface area contributed by atoms with Crippen LogP contribution in [0.25, 0.3) is 0 Å². The molecule has 1 aromatic heterocycles. The molecule has 0 aromatic carbocycles. The molecule has 6 nitrogen and oxygen atoms in total. The summed E-state index contributed by atoms with van der Waals surface area (Å²) in [6.45, 7) is 5.93. The first-order chi connectivity index (χ1) is 7.40.